The number of aryl methyl sites for hydroxylation is 1. The first-order valence-electron chi connectivity index (χ1n) is 11.7. The number of benzene rings is 1. The Labute approximate surface area is 187 Å². The van der Waals surface area contributed by atoms with Gasteiger partial charge in [0, 0.05) is 18.8 Å². The van der Waals surface area contributed by atoms with Gasteiger partial charge in [0.1, 0.15) is 5.75 Å². The summed E-state index contributed by atoms with van der Waals surface area (Å²) in [6, 6.07) is 12.2. The monoisotopic (exact) mass is 423 g/mol. The summed E-state index contributed by atoms with van der Waals surface area (Å²) in [7, 11) is 0. The lowest BCUT2D eigenvalue weighted by Crippen LogP contribution is -2.06. The van der Waals surface area contributed by atoms with Crippen molar-refractivity contribution >= 4 is 5.97 Å². The van der Waals surface area contributed by atoms with Gasteiger partial charge in [0.2, 0.25) is 0 Å². The Morgan fingerprint density at radius 3 is 2.45 bits per heavy atom. The fourth-order valence-corrected chi connectivity index (χ4v) is 3.20. The molecule has 1 heterocycles. The molecule has 1 aromatic heterocycles. The molecule has 0 saturated carbocycles. The number of carbonyl (C=O) groups excluding carboxylic acids is 1. The van der Waals surface area contributed by atoms with Gasteiger partial charge >= 0.3 is 5.97 Å². The summed E-state index contributed by atoms with van der Waals surface area (Å²) >= 11 is 0. The molecule has 168 valence electrons. The number of nitrogens with zero attached hydrogens (tertiary/aromatic N) is 1. The average Bonchev–Trinajstić information content (AvgIpc) is 2.79. The lowest BCUT2D eigenvalue weighted by molar-refractivity contribution is -0.133. The van der Waals surface area contributed by atoms with Crippen LogP contribution in [0.2, 0.25) is 0 Å². The van der Waals surface area contributed by atoms with Crippen LogP contribution in [0.3, 0.4) is 0 Å². The molecule has 0 aliphatic rings. The van der Waals surface area contributed by atoms with E-state index in [0.717, 1.165) is 63.0 Å². The summed E-state index contributed by atoms with van der Waals surface area (Å²) in [6.45, 7) is 6.03. The molecule has 0 radical (unpaired) electrons. The van der Waals surface area contributed by atoms with Crippen molar-refractivity contribution < 1.29 is 14.3 Å². The van der Waals surface area contributed by atoms with Gasteiger partial charge in [0.05, 0.1) is 18.3 Å². The van der Waals surface area contributed by atoms with Gasteiger partial charge in [0.15, 0.2) is 0 Å². The quantitative estimate of drug-likeness (QED) is 0.177. The lowest BCUT2D eigenvalue weighted by atomic mass is 10.0. The molecule has 0 atom stereocenters. The molecule has 2 rings (SSSR count). The first-order valence-corrected chi connectivity index (χ1v) is 11.7. The Morgan fingerprint density at radius 1 is 0.903 bits per heavy atom. The van der Waals surface area contributed by atoms with E-state index in [1.165, 1.54) is 18.4 Å². The van der Waals surface area contributed by atoms with Crippen LogP contribution in [0, 0.1) is 0 Å². The van der Waals surface area contributed by atoms with Crippen molar-refractivity contribution in [2.75, 3.05) is 13.2 Å². The summed E-state index contributed by atoms with van der Waals surface area (Å²) in [5.74, 6) is 0.221. The van der Waals surface area contributed by atoms with Crippen molar-refractivity contribution in [3.05, 3.63) is 60.3 Å². The fourth-order valence-electron chi connectivity index (χ4n) is 3.20. The predicted molar refractivity (Wildman–Crippen MR) is 127 cm³/mol. The third-order valence-corrected chi connectivity index (χ3v) is 5.00. The minimum absolute atomic E-state index is 0.261. The molecule has 2 aromatic rings. The van der Waals surface area contributed by atoms with Gasteiger partial charge in [-0.1, -0.05) is 69.5 Å². The molecule has 0 spiro atoms. The van der Waals surface area contributed by atoms with Gasteiger partial charge in [-0.25, -0.2) is 0 Å². The highest BCUT2D eigenvalue weighted by atomic mass is 16.5. The van der Waals surface area contributed by atoms with Crippen LogP contribution in [0.1, 0.15) is 70.8 Å². The van der Waals surface area contributed by atoms with E-state index in [-0.39, 0.29) is 5.97 Å². The molecule has 0 N–H and O–H groups in total. The molecule has 31 heavy (non-hydrogen) atoms. The van der Waals surface area contributed by atoms with Gasteiger partial charge in [-0.05, 0) is 49.8 Å². The molecule has 0 bridgehead atoms. The molecule has 4 nitrogen and oxygen atoms in total. The maximum absolute atomic E-state index is 11.9. The molecule has 0 fully saturated rings. The SMILES string of the molecule is CCCCC=CCC(=O)Oc1ccc(-c2ccc(CCCCCOCCC)cc2)nc1. The van der Waals surface area contributed by atoms with Crippen molar-refractivity contribution in [1.82, 2.24) is 4.98 Å². The van der Waals surface area contributed by atoms with E-state index in [1.807, 2.05) is 18.2 Å². The summed E-state index contributed by atoms with van der Waals surface area (Å²) in [4.78, 5) is 16.4. The van der Waals surface area contributed by atoms with Gasteiger partial charge < -0.3 is 9.47 Å². The van der Waals surface area contributed by atoms with E-state index in [9.17, 15) is 4.79 Å². The van der Waals surface area contributed by atoms with E-state index in [1.54, 1.807) is 12.3 Å². The van der Waals surface area contributed by atoms with Crippen molar-refractivity contribution in [2.45, 2.75) is 71.6 Å². The van der Waals surface area contributed by atoms with Crippen molar-refractivity contribution in [3.8, 4) is 17.0 Å². The number of hydrogen-bond donors (Lipinski definition) is 0. The molecule has 0 aliphatic carbocycles. The molecule has 0 saturated heterocycles. The van der Waals surface area contributed by atoms with Crippen LogP contribution in [0.4, 0.5) is 0 Å². The maximum atomic E-state index is 11.9. The highest BCUT2D eigenvalue weighted by Gasteiger charge is 2.05. The van der Waals surface area contributed by atoms with Gasteiger partial charge in [0.25, 0.3) is 0 Å². The molecular formula is C27H37NO3. The number of esters is 1. The topological polar surface area (TPSA) is 48.4 Å². The fraction of sp³-hybridized carbons (Fsp3) is 0.481. The van der Waals surface area contributed by atoms with Gasteiger partial charge in [-0.3, -0.25) is 9.78 Å². The van der Waals surface area contributed by atoms with Crippen LogP contribution >= 0.6 is 0 Å². The van der Waals surface area contributed by atoms with Gasteiger partial charge in [-0.2, -0.15) is 0 Å². The molecule has 0 unspecified atom stereocenters. The summed E-state index contributed by atoms with van der Waals surface area (Å²) in [5, 5.41) is 0. The number of ether oxygens (including phenoxy) is 2. The molecular weight excluding hydrogens is 386 g/mol. The summed E-state index contributed by atoms with van der Waals surface area (Å²) < 4.78 is 10.9. The Balaban J connectivity index is 1.74. The summed E-state index contributed by atoms with van der Waals surface area (Å²) in [6.07, 6.45) is 14.8. The number of pyridine rings is 1. The van der Waals surface area contributed by atoms with Crippen LogP contribution in [0.25, 0.3) is 11.3 Å². The highest BCUT2D eigenvalue weighted by Crippen LogP contribution is 2.21. The Kier molecular flexibility index (Phi) is 12.3. The van der Waals surface area contributed by atoms with E-state index in [0.29, 0.717) is 12.2 Å². The van der Waals surface area contributed by atoms with Crippen molar-refractivity contribution in [1.29, 1.82) is 0 Å². The van der Waals surface area contributed by atoms with E-state index >= 15 is 0 Å². The number of rotatable bonds is 15. The zero-order chi connectivity index (χ0) is 22.2. The molecule has 0 aliphatic heterocycles. The largest absolute Gasteiger partial charge is 0.425 e. The van der Waals surface area contributed by atoms with Crippen molar-refractivity contribution in [3.63, 3.8) is 0 Å². The number of allylic oxidation sites excluding steroid dienone is 1. The number of hydrogen-bond acceptors (Lipinski definition) is 4. The van der Waals surface area contributed by atoms with E-state index < -0.39 is 0 Å². The zero-order valence-electron chi connectivity index (χ0n) is 19.1. The number of unbranched alkanes of at least 4 members (excludes halogenated alkanes) is 4. The molecule has 4 heteroatoms. The third kappa shape index (κ3) is 10.4. The Morgan fingerprint density at radius 2 is 1.74 bits per heavy atom. The highest BCUT2D eigenvalue weighted by molar-refractivity contribution is 5.74. The van der Waals surface area contributed by atoms with E-state index in [4.69, 9.17) is 9.47 Å². The second-order valence-electron chi connectivity index (χ2n) is 7.79. The Hall–Kier alpha value is -2.46. The standard InChI is InChI=1S/C27H37NO3/c1-3-5-6-7-10-13-27(29)31-25-18-19-26(28-22-25)24-16-14-23(15-17-24)12-9-8-11-21-30-20-4-2/h7,10,14-19,22H,3-6,8-9,11-13,20-21H2,1-2H3. The number of carbonyl (C=O) groups is 1. The average molecular weight is 424 g/mol. The maximum Gasteiger partial charge on any atom is 0.315 e. The first-order chi connectivity index (χ1) is 15.2. The second kappa shape index (κ2) is 15.4. The smallest absolute Gasteiger partial charge is 0.315 e. The normalized spacial score (nSPS) is 11.2. The predicted octanol–water partition coefficient (Wildman–Crippen LogP) is 6.93. The minimum atomic E-state index is -0.261. The van der Waals surface area contributed by atoms with Crippen LogP contribution < -0.4 is 4.74 Å². The van der Waals surface area contributed by atoms with Crippen LogP contribution in [-0.4, -0.2) is 24.2 Å². The van der Waals surface area contributed by atoms with Gasteiger partial charge in [-0.15, -0.1) is 0 Å². The number of aromatic nitrogens is 1. The Bertz CT molecular complexity index is 766. The van der Waals surface area contributed by atoms with Crippen molar-refractivity contribution in [2.24, 2.45) is 0 Å². The minimum Gasteiger partial charge on any atom is -0.425 e. The summed E-state index contributed by atoms with van der Waals surface area (Å²) in [5.41, 5.74) is 3.28. The van der Waals surface area contributed by atoms with E-state index in [2.05, 4.69) is 43.1 Å². The lowest BCUT2D eigenvalue weighted by Gasteiger charge is -2.06. The van der Waals surface area contributed by atoms with Crippen LogP contribution in [0.5, 0.6) is 5.75 Å². The first kappa shape index (κ1) is 24.8. The second-order valence-corrected chi connectivity index (χ2v) is 7.79. The third-order valence-electron chi connectivity index (χ3n) is 5.00. The molecule has 1 aromatic carbocycles. The molecule has 0 amide bonds. The van der Waals surface area contributed by atoms with Crippen LogP contribution in [-0.2, 0) is 16.0 Å². The van der Waals surface area contributed by atoms with Crippen LogP contribution in [0.15, 0.2) is 54.7 Å². The zero-order valence-corrected chi connectivity index (χ0v) is 19.1.